The highest BCUT2D eigenvalue weighted by Crippen LogP contribution is 2.20. The van der Waals surface area contributed by atoms with E-state index in [9.17, 15) is 8.42 Å². The Balaban J connectivity index is 2.99. The summed E-state index contributed by atoms with van der Waals surface area (Å²) >= 11 is 4.61. The molecule has 0 bridgehead atoms. The lowest BCUT2D eigenvalue weighted by Gasteiger charge is -2.09. The van der Waals surface area contributed by atoms with Crippen molar-refractivity contribution in [2.75, 3.05) is 13.7 Å². The molecule has 0 spiro atoms. The third-order valence-electron chi connectivity index (χ3n) is 2.11. The van der Waals surface area contributed by atoms with E-state index in [1.807, 2.05) is 0 Å². The molecule has 0 aliphatic heterocycles. The number of thiocarbonyl (C=S) groups is 1. The van der Waals surface area contributed by atoms with Crippen LogP contribution < -0.4 is 15.2 Å². The van der Waals surface area contributed by atoms with E-state index >= 15 is 0 Å². The SMILES string of the molecule is COc1ccc(S(=O)(=O)NCC(N)=S)cc1C. The third-order valence-corrected chi connectivity index (χ3v) is 3.66. The summed E-state index contributed by atoms with van der Waals surface area (Å²) in [4.78, 5) is 0.255. The van der Waals surface area contributed by atoms with E-state index in [-0.39, 0.29) is 16.4 Å². The summed E-state index contributed by atoms with van der Waals surface area (Å²) in [5.74, 6) is 0.637. The predicted octanol–water partition coefficient (Wildman–Crippen LogP) is 0.568. The molecule has 0 aliphatic carbocycles. The fourth-order valence-electron chi connectivity index (χ4n) is 1.27. The standard InChI is InChI=1S/C10H14N2O3S2/c1-7-5-8(3-4-9(7)15-2)17(13,14)12-6-10(11)16/h3-5,12H,6H2,1-2H3,(H2,11,16). The molecule has 0 atom stereocenters. The van der Waals surface area contributed by atoms with E-state index < -0.39 is 10.0 Å². The van der Waals surface area contributed by atoms with Gasteiger partial charge in [-0.3, -0.25) is 0 Å². The Morgan fingerprint density at radius 2 is 2.18 bits per heavy atom. The van der Waals surface area contributed by atoms with Crippen molar-refractivity contribution in [2.45, 2.75) is 11.8 Å². The lowest BCUT2D eigenvalue weighted by Crippen LogP contribution is -2.32. The highest BCUT2D eigenvalue weighted by Gasteiger charge is 2.15. The molecule has 5 nitrogen and oxygen atoms in total. The van der Waals surface area contributed by atoms with Crippen molar-refractivity contribution < 1.29 is 13.2 Å². The van der Waals surface area contributed by atoms with Gasteiger partial charge >= 0.3 is 0 Å². The molecule has 7 heteroatoms. The Kier molecular flexibility index (Phi) is 4.44. The van der Waals surface area contributed by atoms with Crippen LogP contribution in [0.3, 0.4) is 0 Å². The lowest BCUT2D eigenvalue weighted by atomic mass is 10.2. The maximum absolute atomic E-state index is 11.8. The fraction of sp³-hybridized carbons (Fsp3) is 0.300. The van der Waals surface area contributed by atoms with Gasteiger partial charge in [-0.2, -0.15) is 0 Å². The van der Waals surface area contributed by atoms with Gasteiger partial charge in [0.05, 0.1) is 23.5 Å². The fourth-order valence-corrected chi connectivity index (χ4v) is 2.52. The van der Waals surface area contributed by atoms with Gasteiger partial charge in [-0.05, 0) is 30.7 Å². The molecular formula is C10H14N2O3S2. The molecule has 94 valence electrons. The average molecular weight is 274 g/mol. The minimum Gasteiger partial charge on any atom is -0.496 e. The van der Waals surface area contributed by atoms with E-state index in [2.05, 4.69) is 16.9 Å². The Hall–Kier alpha value is -1.18. The quantitative estimate of drug-likeness (QED) is 0.767. The van der Waals surface area contributed by atoms with E-state index in [0.717, 1.165) is 5.56 Å². The van der Waals surface area contributed by atoms with Gasteiger partial charge in [0.15, 0.2) is 0 Å². The van der Waals surface area contributed by atoms with Crippen LogP contribution in [0.15, 0.2) is 23.1 Å². The van der Waals surface area contributed by atoms with E-state index in [4.69, 9.17) is 10.5 Å². The van der Waals surface area contributed by atoms with Crippen LogP contribution in [-0.2, 0) is 10.0 Å². The van der Waals surface area contributed by atoms with Crippen molar-refractivity contribution in [1.82, 2.24) is 4.72 Å². The minimum absolute atomic E-state index is 0.0528. The Labute approximate surface area is 106 Å². The number of methoxy groups -OCH3 is 1. The molecule has 0 saturated carbocycles. The Morgan fingerprint density at radius 3 is 2.65 bits per heavy atom. The van der Waals surface area contributed by atoms with Crippen molar-refractivity contribution in [3.05, 3.63) is 23.8 Å². The molecule has 1 aromatic carbocycles. The van der Waals surface area contributed by atoms with E-state index in [0.29, 0.717) is 5.75 Å². The zero-order chi connectivity index (χ0) is 13.1. The smallest absolute Gasteiger partial charge is 0.240 e. The van der Waals surface area contributed by atoms with Gasteiger partial charge in [0.25, 0.3) is 0 Å². The Morgan fingerprint density at radius 1 is 1.53 bits per heavy atom. The predicted molar refractivity (Wildman–Crippen MR) is 69.7 cm³/mol. The van der Waals surface area contributed by atoms with Gasteiger partial charge in [0.2, 0.25) is 10.0 Å². The van der Waals surface area contributed by atoms with Crippen molar-refractivity contribution in [2.24, 2.45) is 5.73 Å². The van der Waals surface area contributed by atoms with Crippen LogP contribution in [0.4, 0.5) is 0 Å². The lowest BCUT2D eigenvalue weighted by molar-refractivity contribution is 0.411. The zero-order valence-corrected chi connectivity index (χ0v) is 11.2. The maximum Gasteiger partial charge on any atom is 0.240 e. The average Bonchev–Trinajstić information content (AvgIpc) is 2.26. The van der Waals surface area contributed by atoms with Crippen LogP contribution in [0, 0.1) is 6.92 Å². The number of hydrogen-bond acceptors (Lipinski definition) is 4. The summed E-state index contributed by atoms with van der Waals surface area (Å²) in [6, 6.07) is 4.60. The first-order chi connectivity index (χ1) is 7.86. The van der Waals surface area contributed by atoms with Crippen LogP contribution in [-0.4, -0.2) is 27.1 Å². The number of aryl methyl sites for hydroxylation is 1. The number of sulfonamides is 1. The van der Waals surface area contributed by atoms with E-state index in [1.54, 1.807) is 13.0 Å². The van der Waals surface area contributed by atoms with Crippen LogP contribution >= 0.6 is 12.2 Å². The van der Waals surface area contributed by atoms with Crippen molar-refractivity contribution in [3.63, 3.8) is 0 Å². The molecule has 17 heavy (non-hydrogen) atoms. The zero-order valence-electron chi connectivity index (χ0n) is 9.56. The second-order valence-corrected chi connectivity index (χ2v) is 5.71. The number of rotatable bonds is 5. The number of nitrogens with two attached hydrogens (primary N) is 1. The summed E-state index contributed by atoms with van der Waals surface area (Å²) < 4.78 is 31.0. The molecule has 0 aromatic heterocycles. The summed E-state index contributed by atoms with van der Waals surface area (Å²) in [5, 5.41) is 0. The topological polar surface area (TPSA) is 81.4 Å². The normalized spacial score (nSPS) is 11.2. The highest BCUT2D eigenvalue weighted by atomic mass is 32.2. The highest BCUT2D eigenvalue weighted by molar-refractivity contribution is 7.89. The van der Waals surface area contributed by atoms with Gasteiger partial charge < -0.3 is 10.5 Å². The van der Waals surface area contributed by atoms with Crippen LogP contribution in [0.5, 0.6) is 5.75 Å². The minimum atomic E-state index is -3.58. The molecule has 0 aliphatic rings. The summed E-state index contributed by atoms with van der Waals surface area (Å²) in [7, 11) is -2.05. The summed E-state index contributed by atoms with van der Waals surface area (Å²) in [6.07, 6.45) is 0. The molecule has 0 unspecified atom stereocenters. The third kappa shape index (κ3) is 3.65. The first-order valence-electron chi connectivity index (χ1n) is 4.79. The molecule has 0 radical (unpaired) electrons. The van der Waals surface area contributed by atoms with Gasteiger partial charge in [-0.1, -0.05) is 12.2 Å². The summed E-state index contributed by atoms with van der Waals surface area (Å²) in [6.45, 7) is 1.72. The number of benzene rings is 1. The first kappa shape index (κ1) is 13.9. The molecule has 0 saturated heterocycles. The largest absolute Gasteiger partial charge is 0.496 e. The Bertz CT molecular complexity index is 526. The van der Waals surface area contributed by atoms with Gasteiger partial charge in [-0.25, -0.2) is 13.1 Å². The second kappa shape index (κ2) is 5.44. The van der Waals surface area contributed by atoms with Gasteiger partial charge in [-0.15, -0.1) is 0 Å². The molecule has 1 rings (SSSR count). The van der Waals surface area contributed by atoms with Gasteiger partial charge in [0, 0.05) is 0 Å². The maximum atomic E-state index is 11.8. The van der Waals surface area contributed by atoms with Crippen LogP contribution in [0.2, 0.25) is 0 Å². The number of ether oxygens (including phenoxy) is 1. The van der Waals surface area contributed by atoms with Gasteiger partial charge in [0.1, 0.15) is 5.75 Å². The van der Waals surface area contributed by atoms with E-state index in [1.165, 1.54) is 19.2 Å². The molecule has 0 fully saturated rings. The molecule has 1 aromatic rings. The first-order valence-corrected chi connectivity index (χ1v) is 6.68. The van der Waals surface area contributed by atoms with Crippen LogP contribution in [0.25, 0.3) is 0 Å². The van der Waals surface area contributed by atoms with Crippen molar-refractivity contribution in [1.29, 1.82) is 0 Å². The molecule has 3 N–H and O–H groups in total. The molecule has 0 amide bonds. The molecule has 0 heterocycles. The second-order valence-electron chi connectivity index (χ2n) is 3.42. The van der Waals surface area contributed by atoms with Crippen LogP contribution in [0.1, 0.15) is 5.56 Å². The van der Waals surface area contributed by atoms with Crippen molar-refractivity contribution in [3.8, 4) is 5.75 Å². The number of hydrogen-bond donors (Lipinski definition) is 2. The van der Waals surface area contributed by atoms with Crippen molar-refractivity contribution >= 4 is 27.2 Å². The molecular weight excluding hydrogens is 260 g/mol. The number of nitrogens with one attached hydrogen (secondary N) is 1. The monoisotopic (exact) mass is 274 g/mol. The summed E-state index contributed by atoms with van der Waals surface area (Å²) in [5.41, 5.74) is 5.98.